The molecular formula is C17H16N4OS. The van der Waals surface area contributed by atoms with Gasteiger partial charge in [-0.25, -0.2) is 9.78 Å². The number of thiazole rings is 1. The molecule has 6 heteroatoms. The van der Waals surface area contributed by atoms with E-state index in [1.165, 1.54) is 11.3 Å². The molecule has 116 valence electrons. The Hall–Kier alpha value is -2.47. The van der Waals surface area contributed by atoms with Crippen molar-refractivity contribution in [1.29, 1.82) is 0 Å². The maximum absolute atomic E-state index is 12.6. The first-order valence-electron chi connectivity index (χ1n) is 7.64. The Labute approximate surface area is 138 Å². The quantitative estimate of drug-likeness (QED) is 0.773. The molecular weight excluding hydrogens is 308 g/mol. The van der Waals surface area contributed by atoms with Gasteiger partial charge >= 0.3 is 6.03 Å². The van der Waals surface area contributed by atoms with E-state index in [0.717, 1.165) is 35.2 Å². The highest BCUT2D eigenvalue weighted by Crippen LogP contribution is 2.32. The number of carbonyl (C=O) groups excluding carboxylic acids is 1. The van der Waals surface area contributed by atoms with Crippen LogP contribution in [0.1, 0.15) is 24.4 Å². The smallest absolute Gasteiger partial charge is 0.317 e. The molecule has 4 rings (SSSR count). The van der Waals surface area contributed by atoms with Gasteiger partial charge in [-0.2, -0.15) is 0 Å². The average Bonchev–Trinajstić information content (AvgIpc) is 3.22. The zero-order valence-electron chi connectivity index (χ0n) is 12.5. The minimum atomic E-state index is -0.0876. The number of hydrogen-bond donors (Lipinski definition) is 1. The van der Waals surface area contributed by atoms with Crippen LogP contribution in [0.15, 0.2) is 48.8 Å². The summed E-state index contributed by atoms with van der Waals surface area (Å²) in [4.78, 5) is 23.2. The van der Waals surface area contributed by atoms with Crippen molar-refractivity contribution in [3.05, 3.63) is 54.4 Å². The summed E-state index contributed by atoms with van der Waals surface area (Å²) < 4.78 is 1.08. The van der Waals surface area contributed by atoms with Crippen LogP contribution in [0.25, 0.3) is 10.2 Å². The molecule has 0 spiro atoms. The van der Waals surface area contributed by atoms with Gasteiger partial charge in [0, 0.05) is 18.9 Å². The van der Waals surface area contributed by atoms with Crippen LogP contribution in [-0.4, -0.2) is 27.4 Å². The lowest BCUT2D eigenvalue weighted by Gasteiger charge is -2.24. The first kappa shape index (κ1) is 14.1. The van der Waals surface area contributed by atoms with E-state index in [0.29, 0.717) is 5.13 Å². The van der Waals surface area contributed by atoms with Crippen molar-refractivity contribution in [3.63, 3.8) is 0 Å². The number of pyridine rings is 1. The number of nitrogens with zero attached hydrogens (tertiary/aromatic N) is 3. The van der Waals surface area contributed by atoms with Gasteiger partial charge in [-0.3, -0.25) is 10.3 Å². The molecule has 2 amide bonds. The van der Waals surface area contributed by atoms with Crippen LogP contribution in [0.5, 0.6) is 0 Å². The maximum Gasteiger partial charge on any atom is 0.324 e. The number of hydrogen-bond acceptors (Lipinski definition) is 4. The van der Waals surface area contributed by atoms with E-state index in [9.17, 15) is 4.79 Å². The summed E-state index contributed by atoms with van der Waals surface area (Å²) in [5.41, 5.74) is 2.00. The van der Waals surface area contributed by atoms with Crippen LogP contribution in [-0.2, 0) is 0 Å². The number of para-hydroxylation sites is 1. The number of fused-ring (bicyclic) bond motifs is 1. The third-order valence-corrected chi connectivity index (χ3v) is 5.04. The number of amides is 2. The third kappa shape index (κ3) is 2.77. The van der Waals surface area contributed by atoms with Gasteiger partial charge in [-0.05, 0) is 36.6 Å². The van der Waals surface area contributed by atoms with E-state index in [1.54, 1.807) is 6.20 Å². The fourth-order valence-electron chi connectivity index (χ4n) is 3.02. The first-order valence-corrected chi connectivity index (χ1v) is 8.46. The summed E-state index contributed by atoms with van der Waals surface area (Å²) >= 11 is 1.50. The van der Waals surface area contributed by atoms with Gasteiger partial charge in [0.25, 0.3) is 0 Å². The molecule has 1 aromatic carbocycles. The number of likely N-dealkylation sites (tertiary alicyclic amines) is 1. The lowest BCUT2D eigenvalue weighted by molar-refractivity contribution is 0.207. The van der Waals surface area contributed by atoms with E-state index in [1.807, 2.05) is 47.5 Å². The highest BCUT2D eigenvalue weighted by atomic mass is 32.1. The molecule has 1 N–H and O–H groups in total. The topological polar surface area (TPSA) is 58.1 Å². The van der Waals surface area contributed by atoms with Gasteiger partial charge in [0.15, 0.2) is 5.13 Å². The SMILES string of the molecule is O=C(Nc1nc2ccccc2s1)N1CCC[C@@H]1c1cccnc1. The molecule has 1 atom stereocenters. The number of urea groups is 1. The average molecular weight is 324 g/mol. The Kier molecular flexibility index (Phi) is 3.67. The number of anilines is 1. The van der Waals surface area contributed by atoms with Gasteiger partial charge in [0.2, 0.25) is 0 Å². The van der Waals surface area contributed by atoms with Crippen LogP contribution in [0.4, 0.5) is 9.93 Å². The van der Waals surface area contributed by atoms with Gasteiger partial charge in [-0.1, -0.05) is 29.5 Å². The molecule has 1 saturated heterocycles. The molecule has 0 saturated carbocycles. The number of benzene rings is 1. The minimum absolute atomic E-state index is 0.0876. The zero-order valence-corrected chi connectivity index (χ0v) is 13.3. The molecule has 0 bridgehead atoms. The third-order valence-electron chi connectivity index (χ3n) is 4.09. The van der Waals surface area contributed by atoms with Crippen molar-refractivity contribution in [2.75, 3.05) is 11.9 Å². The summed E-state index contributed by atoms with van der Waals surface area (Å²) in [6.07, 6.45) is 5.57. The second-order valence-corrected chi connectivity index (χ2v) is 6.59. The van der Waals surface area contributed by atoms with Gasteiger partial charge in [-0.15, -0.1) is 0 Å². The largest absolute Gasteiger partial charge is 0.324 e. The van der Waals surface area contributed by atoms with Crippen molar-refractivity contribution < 1.29 is 4.79 Å². The van der Waals surface area contributed by atoms with Gasteiger partial charge in [0.1, 0.15) is 0 Å². The predicted molar refractivity (Wildman–Crippen MR) is 91.6 cm³/mol. The van der Waals surface area contributed by atoms with Crippen molar-refractivity contribution in [2.24, 2.45) is 0 Å². The molecule has 1 fully saturated rings. The summed E-state index contributed by atoms with van der Waals surface area (Å²) in [5.74, 6) is 0. The van der Waals surface area contributed by atoms with E-state index >= 15 is 0 Å². The lowest BCUT2D eigenvalue weighted by atomic mass is 10.1. The monoisotopic (exact) mass is 324 g/mol. The molecule has 23 heavy (non-hydrogen) atoms. The molecule has 3 heterocycles. The second kappa shape index (κ2) is 5.96. The number of rotatable bonds is 2. The van der Waals surface area contributed by atoms with E-state index in [-0.39, 0.29) is 12.1 Å². The number of aromatic nitrogens is 2. The number of carbonyl (C=O) groups is 1. The lowest BCUT2D eigenvalue weighted by Crippen LogP contribution is -2.34. The van der Waals surface area contributed by atoms with E-state index in [4.69, 9.17) is 0 Å². The van der Waals surface area contributed by atoms with Crippen LogP contribution in [0, 0.1) is 0 Å². The molecule has 1 aliphatic heterocycles. The predicted octanol–water partition coefficient (Wildman–Crippen LogP) is 4.06. The van der Waals surface area contributed by atoms with Crippen LogP contribution in [0.2, 0.25) is 0 Å². The summed E-state index contributed by atoms with van der Waals surface area (Å²) in [6.45, 7) is 0.760. The first-order chi connectivity index (χ1) is 11.3. The Morgan fingerprint density at radius 1 is 1.26 bits per heavy atom. The Bertz CT molecular complexity index is 800. The molecule has 0 radical (unpaired) electrons. The van der Waals surface area contributed by atoms with Crippen molar-refractivity contribution >= 4 is 32.7 Å². The standard InChI is InChI=1S/C17H16N4OS/c22-17(20-16-19-13-6-1-2-8-15(13)23-16)21-10-4-7-14(21)12-5-3-9-18-11-12/h1-3,5-6,8-9,11,14H,4,7,10H2,(H,19,20,22)/t14-/m1/s1. The fourth-order valence-corrected chi connectivity index (χ4v) is 3.87. The Morgan fingerprint density at radius 3 is 3.00 bits per heavy atom. The van der Waals surface area contributed by atoms with Crippen LogP contribution >= 0.6 is 11.3 Å². The molecule has 5 nitrogen and oxygen atoms in total. The van der Waals surface area contributed by atoms with Gasteiger partial charge < -0.3 is 4.90 Å². The summed E-state index contributed by atoms with van der Waals surface area (Å²) in [6, 6.07) is 11.8. The molecule has 2 aromatic heterocycles. The van der Waals surface area contributed by atoms with Crippen LogP contribution in [0.3, 0.4) is 0 Å². The summed E-state index contributed by atoms with van der Waals surface area (Å²) in [7, 11) is 0. The molecule has 1 aliphatic rings. The Morgan fingerprint density at radius 2 is 2.17 bits per heavy atom. The highest BCUT2D eigenvalue weighted by Gasteiger charge is 2.30. The van der Waals surface area contributed by atoms with Gasteiger partial charge in [0.05, 0.1) is 16.3 Å². The maximum atomic E-state index is 12.6. The molecule has 0 aliphatic carbocycles. The normalized spacial score (nSPS) is 17.6. The Balaban J connectivity index is 1.54. The van der Waals surface area contributed by atoms with Crippen molar-refractivity contribution in [2.45, 2.75) is 18.9 Å². The second-order valence-electron chi connectivity index (χ2n) is 5.55. The van der Waals surface area contributed by atoms with Crippen LogP contribution < -0.4 is 5.32 Å². The zero-order chi connectivity index (χ0) is 15.6. The molecule has 0 unspecified atom stereocenters. The highest BCUT2D eigenvalue weighted by molar-refractivity contribution is 7.22. The van der Waals surface area contributed by atoms with Crippen molar-refractivity contribution in [3.8, 4) is 0 Å². The number of nitrogens with one attached hydrogen (secondary N) is 1. The van der Waals surface area contributed by atoms with E-state index < -0.39 is 0 Å². The molecule has 3 aromatic rings. The van der Waals surface area contributed by atoms with E-state index in [2.05, 4.69) is 15.3 Å². The fraction of sp³-hybridized carbons (Fsp3) is 0.235. The minimum Gasteiger partial charge on any atom is -0.317 e. The summed E-state index contributed by atoms with van der Waals surface area (Å²) in [5, 5.41) is 3.59. The van der Waals surface area contributed by atoms with Crippen molar-refractivity contribution in [1.82, 2.24) is 14.9 Å².